The Kier molecular flexibility index (Phi) is 7.44. The summed E-state index contributed by atoms with van der Waals surface area (Å²) in [6.07, 6.45) is 0. The molecule has 10 heteroatoms. The lowest BCUT2D eigenvalue weighted by Gasteiger charge is -2.16. The lowest BCUT2D eigenvalue weighted by atomic mass is 9.97. The van der Waals surface area contributed by atoms with Crippen molar-refractivity contribution in [2.75, 3.05) is 19.0 Å². The van der Waals surface area contributed by atoms with Crippen molar-refractivity contribution in [3.8, 4) is 28.1 Å². The number of hydrogen-bond acceptors (Lipinski definition) is 7. The van der Waals surface area contributed by atoms with Crippen molar-refractivity contribution in [2.24, 2.45) is 7.05 Å². The van der Waals surface area contributed by atoms with Gasteiger partial charge in [0.1, 0.15) is 11.4 Å². The predicted octanol–water partition coefficient (Wildman–Crippen LogP) is 5.79. The molecular weight excluding hydrogens is 538 g/mol. The molecule has 1 N–H and O–H groups in total. The summed E-state index contributed by atoms with van der Waals surface area (Å²) >= 11 is 7.32. The van der Waals surface area contributed by atoms with Gasteiger partial charge in [-0.1, -0.05) is 54.1 Å². The van der Waals surface area contributed by atoms with E-state index >= 15 is 0 Å². The van der Waals surface area contributed by atoms with Crippen LogP contribution in [0.5, 0.6) is 5.75 Å². The monoisotopic (exact) mass is 559 g/mol. The summed E-state index contributed by atoms with van der Waals surface area (Å²) in [6, 6.07) is 21.4. The van der Waals surface area contributed by atoms with Crippen LogP contribution in [-0.2, 0) is 16.6 Å². The highest BCUT2D eigenvalue weighted by atomic mass is 35.5. The average Bonchev–Trinajstić information content (AvgIpc) is 3.42. The molecule has 39 heavy (non-hydrogen) atoms. The standard InChI is InChI=1S/C29H22ClN3O5S/c1-33-26(25(17-10-12-19(30)13-11-17)21-8-3-4-9-22(21)27(33)35)28(36)38-15-24(34)32-29-31-23(16-39-29)18-6-5-7-20(14-18)37-2/h3-14,16H,15H2,1-2H3,(H,31,32,34). The summed E-state index contributed by atoms with van der Waals surface area (Å²) in [6.45, 7) is -0.562. The summed E-state index contributed by atoms with van der Waals surface area (Å²) in [5.41, 5.74) is 2.37. The van der Waals surface area contributed by atoms with Gasteiger partial charge in [0.05, 0.1) is 12.8 Å². The van der Waals surface area contributed by atoms with Crippen LogP contribution in [-0.4, -0.2) is 35.1 Å². The van der Waals surface area contributed by atoms with Gasteiger partial charge in [-0.25, -0.2) is 9.78 Å². The van der Waals surface area contributed by atoms with Gasteiger partial charge >= 0.3 is 5.97 Å². The molecule has 8 nitrogen and oxygen atoms in total. The van der Waals surface area contributed by atoms with Crippen LogP contribution in [0.25, 0.3) is 33.2 Å². The Morgan fingerprint density at radius 3 is 2.49 bits per heavy atom. The van der Waals surface area contributed by atoms with E-state index in [0.29, 0.717) is 43.5 Å². The number of aromatic nitrogens is 2. The maximum absolute atomic E-state index is 13.3. The van der Waals surface area contributed by atoms with E-state index in [-0.39, 0.29) is 11.3 Å². The molecule has 196 valence electrons. The molecule has 0 aliphatic carbocycles. The van der Waals surface area contributed by atoms with Crippen LogP contribution in [0, 0.1) is 0 Å². The average molecular weight is 560 g/mol. The number of carbonyl (C=O) groups excluding carboxylic acids is 2. The van der Waals surface area contributed by atoms with Crippen molar-refractivity contribution in [1.29, 1.82) is 0 Å². The zero-order valence-corrected chi connectivity index (χ0v) is 22.5. The Bertz CT molecular complexity index is 1760. The van der Waals surface area contributed by atoms with Gasteiger partial charge in [-0.15, -0.1) is 11.3 Å². The molecule has 3 aromatic carbocycles. The minimum absolute atomic E-state index is 0.0309. The first-order valence-electron chi connectivity index (χ1n) is 11.8. The van der Waals surface area contributed by atoms with Gasteiger partial charge < -0.3 is 14.0 Å². The Hall–Kier alpha value is -4.47. The lowest BCUT2D eigenvalue weighted by molar-refractivity contribution is -0.119. The molecule has 0 saturated carbocycles. The molecule has 2 aromatic heterocycles. The van der Waals surface area contributed by atoms with Gasteiger partial charge in [0.15, 0.2) is 11.7 Å². The number of hydrogen-bond donors (Lipinski definition) is 1. The smallest absolute Gasteiger partial charge is 0.356 e. The van der Waals surface area contributed by atoms with Gasteiger partial charge in [-0.05, 0) is 41.3 Å². The Morgan fingerprint density at radius 2 is 1.74 bits per heavy atom. The Balaban J connectivity index is 1.38. The van der Waals surface area contributed by atoms with Crippen LogP contribution in [0.2, 0.25) is 5.02 Å². The number of methoxy groups -OCH3 is 1. The second-order valence-electron chi connectivity index (χ2n) is 8.53. The number of pyridine rings is 1. The maximum atomic E-state index is 13.3. The lowest BCUT2D eigenvalue weighted by Crippen LogP contribution is -2.28. The fourth-order valence-corrected chi connectivity index (χ4v) is 5.08. The molecule has 0 aliphatic heterocycles. The van der Waals surface area contributed by atoms with Crippen LogP contribution in [0.1, 0.15) is 10.5 Å². The molecule has 0 atom stereocenters. The van der Waals surface area contributed by atoms with Crippen LogP contribution in [0.15, 0.2) is 83.0 Å². The van der Waals surface area contributed by atoms with Gasteiger partial charge in [-0.2, -0.15) is 0 Å². The first kappa shape index (κ1) is 26.1. The topological polar surface area (TPSA) is 99.5 Å². The van der Waals surface area contributed by atoms with E-state index in [0.717, 1.165) is 5.56 Å². The zero-order valence-electron chi connectivity index (χ0n) is 20.9. The van der Waals surface area contributed by atoms with Crippen molar-refractivity contribution in [2.45, 2.75) is 0 Å². The number of esters is 1. The first-order chi connectivity index (χ1) is 18.9. The first-order valence-corrected chi connectivity index (χ1v) is 13.1. The van der Waals surface area contributed by atoms with Crippen LogP contribution in [0.4, 0.5) is 5.13 Å². The third-order valence-corrected chi connectivity index (χ3v) is 7.09. The number of carbonyl (C=O) groups is 2. The van der Waals surface area contributed by atoms with Gasteiger partial charge in [0, 0.05) is 34.0 Å². The molecule has 0 spiro atoms. The van der Waals surface area contributed by atoms with Gasteiger partial charge in [0.25, 0.3) is 11.5 Å². The number of thiazole rings is 1. The number of ether oxygens (including phenoxy) is 2. The van der Waals surface area contributed by atoms with Gasteiger partial charge in [-0.3, -0.25) is 14.9 Å². The molecule has 0 bridgehead atoms. The number of benzene rings is 3. The van der Waals surface area contributed by atoms with Crippen molar-refractivity contribution >= 4 is 50.7 Å². The van der Waals surface area contributed by atoms with Crippen molar-refractivity contribution in [1.82, 2.24) is 9.55 Å². The van der Waals surface area contributed by atoms with E-state index in [1.807, 2.05) is 24.3 Å². The molecule has 0 unspecified atom stereocenters. The Labute approximate surface area is 232 Å². The molecule has 0 saturated heterocycles. The van der Waals surface area contributed by atoms with E-state index in [9.17, 15) is 14.4 Å². The maximum Gasteiger partial charge on any atom is 0.356 e. The molecule has 0 fully saturated rings. The summed E-state index contributed by atoms with van der Waals surface area (Å²) in [4.78, 5) is 43.4. The minimum atomic E-state index is -0.809. The third kappa shape index (κ3) is 5.41. The van der Waals surface area contributed by atoms with Crippen molar-refractivity contribution in [3.05, 3.63) is 99.2 Å². The molecule has 1 amide bonds. The van der Waals surface area contributed by atoms with E-state index in [1.54, 1.807) is 61.0 Å². The third-order valence-electron chi connectivity index (χ3n) is 6.08. The van der Waals surface area contributed by atoms with Crippen LogP contribution in [0.3, 0.4) is 0 Å². The summed E-state index contributed by atoms with van der Waals surface area (Å²) in [7, 11) is 3.09. The number of nitrogens with zero attached hydrogens (tertiary/aromatic N) is 2. The molecule has 5 aromatic rings. The van der Waals surface area contributed by atoms with Crippen LogP contribution < -0.4 is 15.6 Å². The zero-order chi connectivity index (χ0) is 27.5. The molecule has 5 rings (SSSR count). The highest BCUT2D eigenvalue weighted by Crippen LogP contribution is 2.32. The molecular formula is C29H22ClN3O5S. The van der Waals surface area contributed by atoms with E-state index in [2.05, 4.69) is 10.3 Å². The molecule has 0 aliphatic rings. The number of amides is 1. The molecule has 2 heterocycles. The quantitative estimate of drug-likeness (QED) is 0.253. The Morgan fingerprint density at radius 1 is 1.00 bits per heavy atom. The number of anilines is 1. The highest BCUT2D eigenvalue weighted by Gasteiger charge is 2.24. The van der Waals surface area contributed by atoms with Crippen molar-refractivity contribution < 1.29 is 19.1 Å². The second kappa shape index (κ2) is 11.1. The largest absolute Gasteiger partial charge is 0.497 e. The molecule has 0 radical (unpaired) electrons. The summed E-state index contributed by atoms with van der Waals surface area (Å²) in [5.74, 6) is -0.676. The van der Waals surface area contributed by atoms with E-state index < -0.39 is 18.5 Å². The minimum Gasteiger partial charge on any atom is -0.497 e. The number of nitrogens with one attached hydrogen (secondary N) is 1. The normalized spacial score (nSPS) is 10.8. The number of fused-ring (bicyclic) bond motifs is 1. The highest BCUT2D eigenvalue weighted by molar-refractivity contribution is 7.14. The second-order valence-corrected chi connectivity index (χ2v) is 9.83. The van der Waals surface area contributed by atoms with Crippen molar-refractivity contribution in [3.63, 3.8) is 0 Å². The summed E-state index contributed by atoms with van der Waals surface area (Å²) < 4.78 is 11.9. The van der Waals surface area contributed by atoms with Crippen LogP contribution >= 0.6 is 22.9 Å². The summed E-state index contributed by atoms with van der Waals surface area (Å²) in [5, 5.41) is 6.39. The fraction of sp³-hybridized carbons (Fsp3) is 0.103. The van der Waals surface area contributed by atoms with E-state index in [1.165, 1.54) is 23.0 Å². The van der Waals surface area contributed by atoms with E-state index in [4.69, 9.17) is 21.1 Å². The SMILES string of the molecule is COc1cccc(-c2csc(NC(=O)COC(=O)c3c(-c4ccc(Cl)cc4)c4ccccc4c(=O)n3C)n2)c1. The predicted molar refractivity (Wildman–Crippen MR) is 153 cm³/mol. The fourth-order valence-electron chi connectivity index (χ4n) is 4.21. The number of rotatable bonds is 7. The van der Waals surface area contributed by atoms with Gasteiger partial charge in [0.2, 0.25) is 0 Å². The number of halogens is 1.